The van der Waals surface area contributed by atoms with Crippen molar-refractivity contribution in [2.45, 2.75) is 147 Å². The molecule has 0 saturated carbocycles. The maximum Gasteiger partial charge on any atom is 0.326 e. The van der Waals surface area contributed by atoms with Gasteiger partial charge in [-0.15, -0.1) is 0 Å². The van der Waals surface area contributed by atoms with Gasteiger partial charge in [0.05, 0.1) is 12.6 Å². The molecular formula is C55H78N10O15. The second-order valence-corrected chi connectivity index (χ2v) is 19.9. The van der Waals surface area contributed by atoms with Crippen LogP contribution in [0.4, 0.5) is 0 Å². The quantitative estimate of drug-likeness (QED) is 0.0323. The molecule has 0 aromatic heterocycles. The van der Waals surface area contributed by atoms with E-state index in [1.54, 1.807) is 58.0 Å². The summed E-state index contributed by atoms with van der Waals surface area (Å²) in [6, 6.07) is 7.29. The molecular weight excluding hydrogens is 1040 g/mol. The number of aliphatic carboxylic acids is 2. The van der Waals surface area contributed by atoms with Crippen LogP contribution in [0.5, 0.6) is 11.5 Å². The molecule has 438 valence electrons. The second-order valence-electron chi connectivity index (χ2n) is 19.9. The fourth-order valence-corrected chi connectivity index (χ4v) is 8.08. The Hall–Kier alpha value is -8.16. The first-order valence-corrected chi connectivity index (χ1v) is 26.4. The van der Waals surface area contributed by atoms with Gasteiger partial charge in [0, 0.05) is 25.7 Å². The predicted molar refractivity (Wildman–Crippen MR) is 292 cm³/mol. The zero-order valence-corrected chi connectivity index (χ0v) is 45.6. The SMILES string of the molecule is CC[C@H](C)[C@H](NC(=O)[C@H](CCCCN)NC(=O)[C@H](CCC(=O)O)NC(=O)[C@H](CO)NC(=O)[C@H](C)N)C(=O)N[C@@H](Cc1ccccc1)C(=O)N[C@@H](Cc1ccc(O)cc1)C(=O)N[C@H](C(=O)N[C@@H](Cc1ccc(O)cc1)C(=O)O)C(C)C. The Morgan fingerprint density at radius 1 is 0.475 bits per heavy atom. The van der Waals surface area contributed by atoms with E-state index in [1.165, 1.54) is 55.5 Å². The second kappa shape index (κ2) is 33.3. The fraction of sp³-hybridized carbons (Fsp3) is 0.491. The predicted octanol–water partition coefficient (Wildman–Crippen LogP) is -0.876. The molecule has 0 aliphatic carbocycles. The third-order valence-electron chi connectivity index (χ3n) is 13.0. The van der Waals surface area contributed by atoms with Gasteiger partial charge in [-0.1, -0.05) is 88.7 Å². The van der Waals surface area contributed by atoms with Crippen molar-refractivity contribution in [2.24, 2.45) is 23.3 Å². The highest BCUT2D eigenvalue weighted by Crippen LogP contribution is 2.17. The molecule has 0 unspecified atom stereocenters. The zero-order chi connectivity index (χ0) is 59.6. The van der Waals surface area contributed by atoms with Crippen molar-refractivity contribution in [3.8, 4) is 11.5 Å². The molecule has 0 fully saturated rings. The Balaban J connectivity index is 1.98. The number of carboxylic acids is 2. The molecule has 0 radical (unpaired) electrons. The van der Waals surface area contributed by atoms with Gasteiger partial charge < -0.3 is 79.5 Å². The third kappa shape index (κ3) is 22.3. The van der Waals surface area contributed by atoms with E-state index in [2.05, 4.69) is 42.5 Å². The minimum atomic E-state index is -1.60. The number of phenols is 2. The summed E-state index contributed by atoms with van der Waals surface area (Å²) in [5.74, 6) is -11.2. The highest BCUT2D eigenvalue weighted by atomic mass is 16.4. The summed E-state index contributed by atoms with van der Waals surface area (Å²) in [7, 11) is 0. The summed E-state index contributed by atoms with van der Waals surface area (Å²) in [4.78, 5) is 135. The number of phenolic OH excluding ortho intramolecular Hbond substituents is 2. The van der Waals surface area contributed by atoms with E-state index in [9.17, 15) is 73.5 Å². The van der Waals surface area contributed by atoms with E-state index in [-0.39, 0.29) is 50.1 Å². The third-order valence-corrected chi connectivity index (χ3v) is 13.0. The largest absolute Gasteiger partial charge is 0.508 e. The van der Waals surface area contributed by atoms with Gasteiger partial charge in [0.25, 0.3) is 0 Å². The summed E-state index contributed by atoms with van der Waals surface area (Å²) < 4.78 is 0. The van der Waals surface area contributed by atoms with Crippen LogP contribution in [-0.4, -0.2) is 152 Å². The van der Waals surface area contributed by atoms with Crippen LogP contribution in [0.25, 0.3) is 0 Å². The van der Waals surface area contributed by atoms with Gasteiger partial charge in [-0.2, -0.15) is 0 Å². The summed E-state index contributed by atoms with van der Waals surface area (Å²) in [5.41, 5.74) is 12.8. The molecule has 0 bridgehead atoms. The van der Waals surface area contributed by atoms with Crippen molar-refractivity contribution in [3.05, 3.63) is 95.6 Å². The molecule has 25 heteroatoms. The summed E-state index contributed by atoms with van der Waals surface area (Å²) in [5, 5.41) is 69.5. The molecule has 80 heavy (non-hydrogen) atoms. The summed E-state index contributed by atoms with van der Waals surface area (Å²) in [6.07, 6.45) is -0.678. The van der Waals surface area contributed by atoms with Gasteiger partial charge in [0.2, 0.25) is 47.3 Å². The lowest BCUT2D eigenvalue weighted by molar-refractivity contribution is -0.142. The Morgan fingerprint density at radius 2 is 0.875 bits per heavy atom. The lowest BCUT2D eigenvalue weighted by atomic mass is 9.96. The molecule has 17 N–H and O–H groups in total. The fourth-order valence-electron chi connectivity index (χ4n) is 8.08. The normalized spacial score (nSPS) is 14.9. The maximum atomic E-state index is 14.7. The van der Waals surface area contributed by atoms with Gasteiger partial charge >= 0.3 is 11.9 Å². The number of unbranched alkanes of at least 4 members (excludes halogenated alkanes) is 1. The van der Waals surface area contributed by atoms with Crippen LogP contribution < -0.4 is 54.0 Å². The number of carboxylic acid groups (broad SMARTS) is 2. The monoisotopic (exact) mass is 1120 g/mol. The number of hydrogen-bond acceptors (Lipinski definition) is 15. The van der Waals surface area contributed by atoms with Crippen molar-refractivity contribution in [3.63, 3.8) is 0 Å². The molecule has 0 aliphatic heterocycles. The number of carbonyl (C=O) groups excluding carboxylic acids is 8. The molecule has 3 aromatic carbocycles. The van der Waals surface area contributed by atoms with E-state index >= 15 is 0 Å². The molecule has 3 rings (SSSR count). The highest BCUT2D eigenvalue weighted by Gasteiger charge is 2.37. The average molecular weight is 1120 g/mol. The highest BCUT2D eigenvalue weighted by molar-refractivity contribution is 5.98. The van der Waals surface area contributed by atoms with Crippen molar-refractivity contribution < 1.29 is 73.5 Å². The van der Waals surface area contributed by atoms with Gasteiger partial charge in [-0.25, -0.2) is 4.79 Å². The number of amides is 8. The first-order chi connectivity index (χ1) is 37.9. The first kappa shape index (κ1) is 66.1. The lowest BCUT2D eigenvalue weighted by Gasteiger charge is -2.30. The van der Waals surface area contributed by atoms with E-state index in [0.717, 1.165) is 0 Å². The summed E-state index contributed by atoms with van der Waals surface area (Å²) in [6.45, 7) is 7.26. The van der Waals surface area contributed by atoms with Crippen LogP contribution in [0.15, 0.2) is 78.9 Å². The molecule has 8 amide bonds. The van der Waals surface area contributed by atoms with E-state index < -0.39 is 145 Å². The van der Waals surface area contributed by atoms with Crippen LogP contribution >= 0.6 is 0 Å². The zero-order valence-electron chi connectivity index (χ0n) is 45.6. The van der Waals surface area contributed by atoms with E-state index in [1.807, 2.05) is 0 Å². The van der Waals surface area contributed by atoms with E-state index in [0.29, 0.717) is 29.5 Å². The van der Waals surface area contributed by atoms with E-state index in [4.69, 9.17) is 11.5 Å². The number of nitrogens with one attached hydrogen (secondary N) is 8. The van der Waals surface area contributed by atoms with Crippen LogP contribution in [0, 0.1) is 11.8 Å². The Bertz CT molecular complexity index is 2550. The van der Waals surface area contributed by atoms with Gasteiger partial charge in [0.15, 0.2) is 0 Å². The number of aliphatic hydroxyl groups is 1. The van der Waals surface area contributed by atoms with Gasteiger partial charge in [0.1, 0.15) is 59.8 Å². The topological polar surface area (TPSA) is 420 Å². The van der Waals surface area contributed by atoms with Crippen LogP contribution in [-0.2, 0) is 67.2 Å². The Labute approximate surface area is 464 Å². The molecule has 10 atom stereocenters. The molecule has 25 nitrogen and oxygen atoms in total. The van der Waals surface area contributed by atoms with Crippen molar-refractivity contribution >= 4 is 59.2 Å². The van der Waals surface area contributed by atoms with Crippen LogP contribution in [0.2, 0.25) is 0 Å². The average Bonchev–Trinajstić information content (AvgIpc) is 3.41. The number of aromatic hydroxyl groups is 2. The molecule has 0 heterocycles. The van der Waals surface area contributed by atoms with Crippen molar-refractivity contribution in [1.29, 1.82) is 0 Å². The molecule has 0 saturated heterocycles. The van der Waals surface area contributed by atoms with Crippen molar-refractivity contribution in [2.75, 3.05) is 13.2 Å². The molecule has 3 aromatic rings. The van der Waals surface area contributed by atoms with Gasteiger partial charge in [-0.05, 0) is 91.9 Å². The lowest BCUT2D eigenvalue weighted by Crippen LogP contribution is -2.62. The first-order valence-electron chi connectivity index (χ1n) is 26.4. The minimum Gasteiger partial charge on any atom is -0.508 e. The molecule has 0 aliphatic rings. The molecule has 0 spiro atoms. The number of hydrogen-bond donors (Lipinski definition) is 15. The number of carbonyl (C=O) groups is 10. The maximum absolute atomic E-state index is 14.7. The van der Waals surface area contributed by atoms with Crippen LogP contribution in [0.1, 0.15) is 89.8 Å². The van der Waals surface area contributed by atoms with Crippen molar-refractivity contribution in [1.82, 2.24) is 42.5 Å². The van der Waals surface area contributed by atoms with Gasteiger partial charge in [-0.3, -0.25) is 43.2 Å². The minimum absolute atomic E-state index is 0.0452. The summed E-state index contributed by atoms with van der Waals surface area (Å²) >= 11 is 0. The standard InChI is InChI=1S/C55H78N10O15/c1-6-31(4)46(65-49(73)38(14-10-11-25-56)58-48(72)39(23-24-44(69)70)59-52(76)43(29-66)63-47(71)32(5)57)54(78)61-40(26-33-12-8-7-9-13-33)50(74)60-41(27-34-15-19-36(67)20-16-34)51(75)64-45(30(2)3)53(77)62-42(55(79)80)28-35-17-21-37(68)22-18-35/h7-9,12-13,15-22,30-32,38-43,45-46,66-68H,6,10-11,14,23-29,56-57H2,1-5H3,(H,58,72)(H,59,76)(H,60,74)(H,61,78)(H,62,77)(H,63,71)(H,64,75)(H,65,73)(H,69,70)(H,79,80)/t31-,32-,38-,39-,40-,41-,42-,43-,45-,46-/m0/s1. The number of aliphatic hydroxyl groups excluding tert-OH is 1. The number of benzene rings is 3. The Morgan fingerprint density at radius 3 is 1.35 bits per heavy atom. The Kier molecular flexibility index (Phi) is 27.5. The number of rotatable bonds is 34. The smallest absolute Gasteiger partial charge is 0.326 e. The number of nitrogens with two attached hydrogens (primary N) is 2. The van der Waals surface area contributed by atoms with Crippen LogP contribution in [0.3, 0.4) is 0 Å².